The molecular formula is C28H38ClN3O4S. The number of benzene rings is 1. The Hall–Kier alpha value is -2.42. The van der Waals surface area contributed by atoms with Gasteiger partial charge in [0.2, 0.25) is 11.8 Å². The fraction of sp³-hybridized carbons (Fsp3) is 0.536. The standard InChI is InChI=1S/C28H38ClN3O4S/c1-4-36-27(35)23(19-20-10-12-21(29)13-11-20)31-26(34)9-5-8-25(33)30-22-14-16-28(17-15-22,32(2)3)24-7-6-18-37-24/h6-7,10-13,18,22-23H,4-5,8-9,14-17,19H2,1-3H3,(H,30,33)(H,31,34). The number of hydrogen-bond acceptors (Lipinski definition) is 6. The average molecular weight is 548 g/mol. The maximum atomic E-state index is 12.6. The Balaban J connectivity index is 1.42. The van der Waals surface area contributed by atoms with E-state index >= 15 is 0 Å². The monoisotopic (exact) mass is 547 g/mol. The molecule has 1 unspecified atom stereocenters. The van der Waals surface area contributed by atoms with Crippen molar-refractivity contribution in [1.82, 2.24) is 15.5 Å². The molecule has 7 nitrogen and oxygen atoms in total. The summed E-state index contributed by atoms with van der Waals surface area (Å²) in [5.74, 6) is -0.782. The zero-order valence-electron chi connectivity index (χ0n) is 21.9. The Morgan fingerprint density at radius 3 is 2.38 bits per heavy atom. The molecule has 0 saturated heterocycles. The van der Waals surface area contributed by atoms with E-state index in [2.05, 4.69) is 47.1 Å². The lowest BCUT2D eigenvalue weighted by Gasteiger charge is -2.44. The second-order valence-corrected chi connectivity index (χ2v) is 11.2. The molecule has 0 radical (unpaired) electrons. The van der Waals surface area contributed by atoms with Crippen LogP contribution in [0.4, 0.5) is 0 Å². The second kappa shape index (κ2) is 13.9. The van der Waals surface area contributed by atoms with Crippen LogP contribution in [0.5, 0.6) is 0 Å². The van der Waals surface area contributed by atoms with Crippen molar-refractivity contribution in [2.75, 3.05) is 20.7 Å². The van der Waals surface area contributed by atoms with E-state index in [1.165, 1.54) is 4.88 Å². The molecule has 1 atom stereocenters. The molecule has 1 saturated carbocycles. The van der Waals surface area contributed by atoms with Gasteiger partial charge in [0.25, 0.3) is 0 Å². The minimum absolute atomic E-state index is 0.0330. The number of nitrogens with zero attached hydrogens (tertiary/aromatic N) is 1. The maximum absolute atomic E-state index is 12.6. The molecule has 1 aromatic heterocycles. The van der Waals surface area contributed by atoms with Crippen LogP contribution in [-0.2, 0) is 31.1 Å². The molecule has 2 aromatic rings. The van der Waals surface area contributed by atoms with Crippen molar-refractivity contribution in [3.8, 4) is 0 Å². The molecule has 0 aliphatic heterocycles. The summed E-state index contributed by atoms with van der Waals surface area (Å²) in [6.07, 6.45) is 5.00. The quantitative estimate of drug-likeness (QED) is 0.377. The van der Waals surface area contributed by atoms with Crippen LogP contribution in [0.1, 0.15) is 62.3 Å². The van der Waals surface area contributed by atoms with Gasteiger partial charge in [0.05, 0.1) is 12.1 Å². The lowest BCUT2D eigenvalue weighted by Crippen LogP contribution is -2.48. The highest BCUT2D eigenvalue weighted by molar-refractivity contribution is 7.10. The Labute approximate surface area is 228 Å². The number of esters is 1. The van der Waals surface area contributed by atoms with E-state index in [4.69, 9.17) is 16.3 Å². The molecule has 202 valence electrons. The maximum Gasteiger partial charge on any atom is 0.328 e. The molecular weight excluding hydrogens is 510 g/mol. The first-order valence-corrected chi connectivity index (χ1v) is 14.2. The third-order valence-electron chi connectivity index (χ3n) is 7.08. The number of amides is 2. The first kappa shape index (κ1) is 29.1. The fourth-order valence-corrected chi connectivity index (χ4v) is 6.16. The van der Waals surface area contributed by atoms with Gasteiger partial charge in [0.1, 0.15) is 6.04 Å². The Morgan fingerprint density at radius 1 is 1.11 bits per heavy atom. The molecule has 3 rings (SSSR count). The van der Waals surface area contributed by atoms with Gasteiger partial charge in [-0.25, -0.2) is 4.79 Å². The average Bonchev–Trinajstić information content (AvgIpc) is 3.41. The minimum Gasteiger partial charge on any atom is -0.464 e. The number of carbonyl (C=O) groups is 3. The second-order valence-electron chi connectivity index (χ2n) is 9.80. The summed E-state index contributed by atoms with van der Waals surface area (Å²) >= 11 is 7.73. The first-order valence-electron chi connectivity index (χ1n) is 12.9. The largest absolute Gasteiger partial charge is 0.464 e. The van der Waals surface area contributed by atoms with Gasteiger partial charge in [-0.05, 0) is 82.3 Å². The minimum atomic E-state index is -0.787. The SMILES string of the molecule is CCOC(=O)C(Cc1ccc(Cl)cc1)NC(=O)CCCC(=O)NC1CCC(c2cccs2)(N(C)C)CC1. The molecule has 37 heavy (non-hydrogen) atoms. The van der Waals surface area contributed by atoms with Crippen LogP contribution >= 0.6 is 22.9 Å². The van der Waals surface area contributed by atoms with E-state index in [1.54, 1.807) is 30.4 Å². The third-order valence-corrected chi connectivity index (χ3v) is 8.40. The summed E-state index contributed by atoms with van der Waals surface area (Å²) in [6, 6.07) is 10.8. The highest BCUT2D eigenvalue weighted by Crippen LogP contribution is 2.43. The van der Waals surface area contributed by atoms with Crippen molar-refractivity contribution in [1.29, 1.82) is 0 Å². The van der Waals surface area contributed by atoms with Crippen LogP contribution in [0.15, 0.2) is 41.8 Å². The van der Waals surface area contributed by atoms with Crippen molar-refractivity contribution in [2.45, 2.75) is 75.9 Å². The van der Waals surface area contributed by atoms with E-state index in [0.29, 0.717) is 17.9 Å². The van der Waals surface area contributed by atoms with E-state index in [-0.39, 0.29) is 42.8 Å². The zero-order valence-corrected chi connectivity index (χ0v) is 23.5. The van der Waals surface area contributed by atoms with E-state index in [1.807, 2.05) is 12.1 Å². The van der Waals surface area contributed by atoms with Crippen LogP contribution in [0, 0.1) is 0 Å². The Morgan fingerprint density at radius 2 is 1.78 bits per heavy atom. The number of thiophene rings is 1. The van der Waals surface area contributed by atoms with Crippen LogP contribution in [0.2, 0.25) is 5.02 Å². The van der Waals surface area contributed by atoms with Gasteiger partial charge < -0.3 is 15.4 Å². The molecule has 0 bridgehead atoms. The van der Waals surface area contributed by atoms with E-state index < -0.39 is 12.0 Å². The normalized spacial score (nSPS) is 20.3. The molecule has 1 heterocycles. The van der Waals surface area contributed by atoms with Crippen molar-refractivity contribution in [2.24, 2.45) is 0 Å². The van der Waals surface area contributed by atoms with Gasteiger partial charge in [0.15, 0.2) is 0 Å². The van der Waals surface area contributed by atoms with Crippen molar-refractivity contribution >= 4 is 40.7 Å². The topological polar surface area (TPSA) is 87.7 Å². The summed E-state index contributed by atoms with van der Waals surface area (Å²) < 4.78 is 5.13. The summed E-state index contributed by atoms with van der Waals surface area (Å²) in [5, 5.41) is 8.65. The molecule has 1 aliphatic rings. The fourth-order valence-electron chi connectivity index (χ4n) is 4.97. The Kier molecular flexibility index (Phi) is 11.0. The lowest BCUT2D eigenvalue weighted by atomic mass is 9.77. The molecule has 0 spiro atoms. The smallest absolute Gasteiger partial charge is 0.328 e. The van der Waals surface area contributed by atoms with Gasteiger partial charge in [-0.2, -0.15) is 0 Å². The highest BCUT2D eigenvalue weighted by atomic mass is 35.5. The number of hydrogen-bond donors (Lipinski definition) is 2. The Bertz CT molecular complexity index is 1020. The van der Waals surface area contributed by atoms with Crippen LogP contribution < -0.4 is 10.6 Å². The lowest BCUT2D eigenvalue weighted by molar-refractivity contribution is -0.147. The van der Waals surface area contributed by atoms with Crippen molar-refractivity contribution < 1.29 is 19.1 Å². The predicted molar refractivity (Wildman–Crippen MR) is 148 cm³/mol. The van der Waals surface area contributed by atoms with Crippen LogP contribution in [0.3, 0.4) is 0 Å². The molecule has 1 aliphatic carbocycles. The summed E-state index contributed by atoms with van der Waals surface area (Å²) in [6.45, 7) is 1.96. The van der Waals surface area contributed by atoms with Crippen LogP contribution in [-0.4, -0.2) is 55.5 Å². The van der Waals surface area contributed by atoms with Gasteiger partial charge >= 0.3 is 5.97 Å². The number of ether oxygens (including phenoxy) is 1. The number of carbonyl (C=O) groups excluding carboxylic acids is 3. The van der Waals surface area contributed by atoms with Crippen molar-refractivity contribution in [3.63, 3.8) is 0 Å². The number of rotatable bonds is 12. The molecule has 1 aromatic carbocycles. The molecule has 2 amide bonds. The highest BCUT2D eigenvalue weighted by Gasteiger charge is 2.39. The van der Waals surface area contributed by atoms with Gasteiger partial charge in [0, 0.05) is 35.2 Å². The van der Waals surface area contributed by atoms with Crippen molar-refractivity contribution in [3.05, 3.63) is 57.2 Å². The van der Waals surface area contributed by atoms with Crippen LogP contribution in [0.25, 0.3) is 0 Å². The van der Waals surface area contributed by atoms with Gasteiger partial charge in [-0.15, -0.1) is 11.3 Å². The molecule has 9 heteroatoms. The van der Waals surface area contributed by atoms with Gasteiger partial charge in [-0.3, -0.25) is 14.5 Å². The van der Waals surface area contributed by atoms with E-state index in [0.717, 1.165) is 31.2 Å². The predicted octanol–water partition coefficient (Wildman–Crippen LogP) is 4.68. The van der Waals surface area contributed by atoms with E-state index in [9.17, 15) is 14.4 Å². The zero-order chi connectivity index (χ0) is 26.8. The number of halogens is 1. The first-order chi connectivity index (χ1) is 17.7. The summed E-state index contributed by atoms with van der Waals surface area (Å²) in [7, 11) is 4.26. The van der Waals surface area contributed by atoms with Gasteiger partial charge in [-0.1, -0.05) is 29.8 Å². The number of nitrogens with one attached hydrogen (secondary N) is 2. The molecule has 1 fully saturated rings. The summed E-state index contributed by atoms with van der Waals surface area (Å²) in [5.41, 5.74) is 0.904. The third kappa shape index (κ3) is 8.28. The molecule has 2 N–H and O–H groups in total. The summed E-state index contributed by atoms with van der Waals surface area (Å²) in [4.78, 5) is 41.2.